The van der Waals surface area contributed by atoms with Crippen LogP contribution in [0.4, 0.5) is 5.69 Å². The zero-order valence-electron chi connectivity index (χ0n) is 14.2. The number of nitrogens with zero attached hydrogens (tertiary/aromatic N) is 2. The van der Waals surface area contributed by atoms with E-state index in [1.807, 2.05) is 22.9 Å². The number of H-pyrrole nitrogens is 1. The van der Waals surface area contributed by atoms with Crippen molar-refractivity contribution in [1.29, 1.82) is 0 Å². The van der Waals surface area contributed by atoms with Crippen LogP contribution in [0, 0.1) is 0 Å². The first-order valence-corrected chi connectivity index (χ1v) is 10.4. The van der Waals surface area contributed by atoms with Gasteiger partial charge in [0.15, 0.2) is 0 Å². The van der Waals surface area contributed by atoms with Gasteiger partial charge in [-0.05, 0) is 36.4 Å². The van der Waals surface area contributed by atoms with Gasteiger partial charge in [0.05, 0.1) is 11.4 Å². The number of fused-ring (bicyclic) bond motifs is 2. The van der Waals surface area contributed by atoms with E-state index in [9.17, 15) is 4.79 Å². The van der Waals surface area contributed by atoms with E-state index in [-0.39, 0.29) is 11.6 Å². The zero-order valence-corrected chi connectivity index (χ0v) is 15.9. The average molecular weight is 380 g/mol. The minimum Gasteiger partial charge on any atom is -0.361 e. The predicted molar refractivity (Wildman–Crippen MR) is 109 cm³/mol. The number of thiophene rings is 2. The number of nitrogens with one attached hydrogen (secondary N) is 1. The summed E-state index contributed by atoms with van der Waals surface area (Å²) in [6.07, 6.45) is 1.04. The summed E-state index contributed by atoms with van der Waals surface area (Å²) in [5.41, 5.74) is 3.54. The lowest BCUT2D eigenvalue weighted by atomic mass is 10.1. The molecule has 0 radical (unpaired) electrons. The molecule has 5 rings (SSSR count). The molecule has 1 atom stereocenters. The molecular weight excluding hydrogens is 362 g/mol. The van der Waals surface area contributed by atoms with Crippen LogP contribution in [-0.2, 0) is 6.42 Å². The van der Waals surface area contributed by atoms with Crippen molar-refractivity contribution in [3.63, 3.8) is 0 Å². The summed E-state index contributed by atoms with van der Waals surface area (Å²) in [6, 6.07) is 12.6. The summed E-state index contributed by atoms with van der Waals surface area (Å²) >= 11 is 3.19. The molecule has 0 saturated carbocycles. The highest BCUT2D eigenvalue weighted by Crippen LogP contribution is 2.36. The van der Waals surface area contributed by atoms with Gasteiger partial charge in [-0.15, -0.1) is 22.7 Å². The van der Waals surface area contributed by atoms with Crippen molar-refractivity contribution in [2.45, 2.75) is 19.4 Å². The number of hydrogen-bond donors (Lipinski definition) is 1. The van der Waals surface area contributed by atoms with Gasteiger partial charge >= 0.3 is 0 Å². The maximum atomic E-state index is 12.8. The topological polar surface area (TPSA) is 49.0 Å². The molecule has 1 aromatic carbocycles. The Balaban J connectivity index is 1.58. The van der Waals surface area contributed by atoms with E-state index < -0.39 is 0 Å². The van der Waals surface area contributed by atoms with Crippen molar-refractivity contribution in [3.05, 3.63) is 68.9 Å². The largest absolute Gasteiger partial charge is 0.361 e. The van der Waals surface area contributed by atoms with Crippen LogP contribution in [0.3, 0.4) is 0 Å². The third kappa shape index (κ3) is 2.40. The van der Waals surface area contributed by atoms with Gasteiger partial charge in [-0.1, -0.05) is 24.3 Å². The van der Waals surface area contributed by atoms with E-state index in [0.29, 0.717) is 5.39 Å². The number of rotatable bonds is 3. The lowest BCUT2D eigenvalue weighted by molar-refractivity contribution is 0.654. The maximum absolute atomic E-state index is 12.8. The summed E-state index contributed by atoms with van der Waals surface area (Å²) in [6.45, 7) is 3.06. The van der Waals surface area contributed by atoms with Gasteiger partial charge in [0.1, 0.15) is 10.7 Å². The highest BCUT2D eigenvalue weighted by Gasteiger charge is 2.26. The summed E-state index contributed by atoms with van der Waals surface area (Å²) in [5, 5.41) is 4.77. The number of benzene rings is 1. The Labute approximate surface area is 158 Å². The van der Waals surface area contributed by atoms with Crippen LogP contribution in [0.15, 0.2) is 52.0 Å². The number of para-hydroxylation sites is 1. The number of anilines is 1. The second kappa shape index (κ2) is 6.07. The number of aromatic amines is 1. The molecule has 6 heteroatoms. The highest BCUT2D eigenvalue weighted by atomic mass is 32.1. The molecule has 26 heavy (non-hydrogen) atoms. The Kier molecular flexibility index (Phi) is 3.69. The van der Waals surface area contributed by atoms with Crippen LogP contribution in [0.25, 0.3) is 20.7 Å². The van der Waals surface area contributed by atoms with Crippen molar-refractivity contribution in [1.82, 2.24) is 9.97 Å². The average Bonchev–Trinajstić information content (AvgIpc) is 3.39. The van der Waals surface area contributed by atoms with E-state index in [4.69, 9.17) is 4.98 Å². The van der Waals surface area contributed by atoms with Gasteiger partial charge in [-0.3, -0.25) is 4.79 Å². The van der Waals surface area contributed by atoms with Crippen molar-refractivity contribution in [3.8, 4) is 10.4 Å². The first-order chi connectivity index (χ1) is 12.7. The van der Waals surface area contributed by atoms with Crippen molar-refractivity contribution in [2.75, 3.05) is 11.4 Å². The van der Waals surface area contributed by atoms with Crippen LogP contribution in [0.2, 0.25) is 0 Å². The molecule has 0 spiro atoms. The smallest absolute Gasteiger partial charge is 0.260 e. The highest BCUT2D eigenvalue weighted by molar-refractivity contribution is 7.18. The molecule has 3 aromatic heterocycles. The molecule has 4 nitrogen and oxygen atoms in total. The minimum absolute atomic E-state index is 0.0306. The zero-order chi connectivity index (χ0) is 17.7. The Morgan fingerprint density at radius 3 is 2.92 bits per heavy atom. The van der Waals surface area contributed by atoms with Gasteiger partial charge in [0, 0.05) is 28.1 Å². The lowest BCUT2D eigenvalue weighted by Gasteiger charge is -2.26. The lowest BCUT2D eigenvalue weighted by Crippen LogP contribution is -2.27. The minimum atomic E-state index is -0.0472. The van der Waals surface area contributed by atoms with E-state index in [2.05, 4.69) is 41.1 Å². The Morgan fingerprint density at radius 2 is 2.08 bits per heavy atom. The predicted octanol–water partition coefficient (Wildman–Crippen LogP) is 4.84. The molecule has 4 heterocycles. The van der Waals surface area contributed by atoms with Gasteiger partial charge in [0.2, 0.25) is 0 Å². The summed E-state index contributed by atoms with van der Waals surface area (Å²) in [4.78, 5) is 24.9. The molecule has 0 aliphatic carbocycles. The van der Waals surface area contributed by atoms with Gasteiger partial charge in [-0.2, -0.15) is 0 Å². The third-order valence-electron chi connectivity index (χ3n) is 5.04. The molecule has 1 N–H and O–H groups in total. The van der Waals surface area contributed by atoms with Crippen molar-refractivity contribution < 1.29 is 0 Å². The van der Waals surface area contributed by atoms with Gasteiger partial charge in [-0.25, -0.2) is 4.98 Å². The number of aromatic nitrogens is 2. The monoisotopic (exact) mass is 379 g/mol. The van der Waals surface area contributed by atoms with Crippen LogP contribution in [0.5, 0.6) is 0 Å². The third-order valence-corrected chi connectivity index (χ3v) is 6.81. The number of hydrogen-bond acceptors (Lipinski definition) is 5. The van der Waals surface area contributed by atoms with Crippen molar-refractivity contribution in [2.24, 2.45) is 0 Å². The van der Waals surface area contributed by atoms with E-state index in [1.54, 1.807) is 22.7 Å². The normalized spacial score (nSPS) is 14.7. The quantitative estimate of drug-likeness (QED) is 0.554. The summed E-state index contributed by atoms with van der Waals surface area (Å²) in [7, 11) is 0. The molecule has 1 aliphatic rings. The van der Waals surface area contributed by atoms with E-state index >= 15 is 0 Å². The van der Waals surface area contributed by atoms with Crippen LogP contribution in [-0.4, -0.2) is 16.5 Å². The molecule has 0 unspecified atom stereocenters. The summed E-state index contributed by atoms with van der Waals surface area (Å²) in [5.74, 6) is 0.735. The Hall–Kier alpha value is -2.44. The Morgan fingerprint density at radius 1 is 1.19 bits per heavy atom. The first-order valence-electron chi connectivity index (χ1n) is 8.62. The standard InChI is InChI=1S/C20H17N3OS2/c1-12(23-9-8-13-5-2-3-6-15(13)23)18-21-19(24)17-14(11-26-20(17)22-18)16-7-4-10-25-16/h2-7,10-12H,8-9H2,1H3,(H,21,22,24)/t12-/m1/s1. The van der Waals surface area contributed by atoms with Gasteiger partial charge < -0.3 is 9.88 Å². The molecule has 130 valence electrons. The van der Waals surface area contributed by atoms with Crippen LogP contribution in [0.1, 0.15) is 24.4 Å². The van der Waals surface area contributed by atoms with Crippen LogP contribution >= 0.6 is 22.7 Å². The van der Waals surface area contributed by atoms with Gasteiger partial charge in [0.25, 0.3) is 5.56 Å². The SMILES string of the molecule is C[C@H](c1nc2scc(-c3cccs3)c2c(=O)[nH]1)N1CCc2ccccc21. The van der Waals surface area contributed by atoms with Crippen LogP contribution < -0.4 is 10.5 Å². The molecule has 0 saturated heterocycles. The molecule has 4 aromatic rings. The first kappa shape index (κ1) is 15.8. The maximum Gasteiger partial charge on any atom is 0.260 e. The molecule has 1 aliphatic heterocycles. The molecule has 0 amide bonds. The molecule has 0 fully saturated rings. The summed E-state index contributed by atoms with van der Waals surface area (Å²) < 4.78 is 0. The fraction of sp³-hybridized carbons (Fsp3) is 0.200. The van der Waals surface area contributed by atoms with E-state index in [0.717, 1.165) is 34.1 Å². The molecular formula is C20H17N3OS2. The van der Waals surface area contributed by atoms with Crippen molar-refractivity contribution >= 4 is 38.6 Å². The van der Waals surface area contributed by atoms with E-state index in [1.165, 1.54) is 11.3 Å². The Bertz CT molecular complexity index is 1140. The molecule has 0 bridgehead atoms. The fourth-order valence-corrected chi connectivity index (χ4v) is 5.46. The second-order valence-corrected chi connectivity index (χ2v) is 8.31. The second-order valence-electron chi connectivity index (χ2n) is 6.51. The fourth-order valence-electron chi connectivity index (χ4n) is 3.69.